The Morgan fingerprint density at radius 2 is 2.05 bits per heavy atom. The summed E-state index contributed by atoms with van der Waals surface area (Å²) in [6.45, 7) is 0.482. The summed E-state index contributed by atoms with van der Waals surface area (Å²) in [5.41, 5.74) is 0.960. The number of nitrogens with zero attached hydrogens (tertiary/aromatic N) is 1. The second-order valence-corrected chi connectivity index (χ2v) is 5.22. The Labute approximate surface area is 120 Å². The highest BCUT2D eigenvalue weighted by atomic mass is 16.5. The van der Waals surface area contributed by atoms with Crippen molar-refractivity contribution in [2.45, 2.75) is 51.1 Å². The molecule has 1 heterocycles. The number of ether oxygens (including phenoxy) is 1. The van der Waals surface area contributed by atoms with Crippen molar-refractivity contribution in [2.24, 2.45) is 0 Å². The third-order valence-electron chi connectivity index (χ3n) is 3.65. The predicted octanol–water partition coefficient (Wildman–Crippen LogP) is 2.61. The zero-order chi connectivity index (χ0) is 14.2. The van der Waals surface area contributed by atoms with Gasteiger partial charge in [0.1, 0.15) is 0 Å². The minimum Gasteiger partial charge on any atom is -0.481 e. The first kappa shape index (κ1) is 14.6. The van der Waals surface area contributed by atoms with Crippen molar-refractivity contribution < 1.29 is 9.53 Å². The average Bonchev–Trinajstić information content (AvgIpc) is 2.74. The molecular weight excluding hydrogens is 254 g/mol. The number of carbonyl (C=O) groups is 1. The molecule has 1 aromatic rings. The minimum absolute atomic E-state index is 0.0901. The Morgan fingerprint density at radius 3 is 2.65 bits per heavy atom. The van der Waals surface area contributed by atoms with Crippen molar-refractivity contribution in [3.8, 4) is 5.88 Å². The molecule has 1 aromatic heterocycles. The van der Waals surface area contributed by atoms with Crippen molar-refractivity contribution in [1.29, 1.82) is 0 Å². The van der Waals surface area contributed by atoms with Crippen LogP contribution in [-0.2, 0) is 6.54 Å². The number of amides is 2. The number of hydrogen-bond donors (Lipinski definition) is 2. The lowest BCUT2D eigenvalue weighted by Crippen LogP contribution is -2.41. The molecule has 1 fully saturated rings. The third-order valence-corrected chi connectivity index (χ3v) is 3.65. The molecular formula is C15H23N3O2. The number of nitrogens with one attached hydrogen (secondary N) is 2. The second-order valence-electron chi connectivity index (χ2n) is 5.22. The van der Waals surface area contributed by atoms with E-state index in [2.05, 4.69) is 15.6 Å². The molecule has 2 amide bonds. The van der Waals surface area contributed by atoms with E-state index in [-0.39, 0.29) is 6.03 Å². The van der Waals surface area contributed by atoms with Crippen molar-refractivity contribution in [1.82, 2.24) is 15.6 Å². The molecule has 20 heavy (non-hydrogen) atoms. The summed E-state index contributed by atoms with van der Waals surface area (Å²) in [5.74, 6) is 0.580. The van der Waals surface area contributed by atoms with E-state index in [4.69, 9.17) is 4.74 Å². The zero-order valence-corrected chi connectivity index (χ0v) is 12.0. The Kier molecular flexibility index (Phi) is 5.65. The highest BCUT2D eigenvalue weighted by molar-refractivity contribution is 5.74. The number of pyridine rings is 1. The highest BCUT2D eigenvalue weighted by Crippen LogP contribution is 2.17. The molecule has 0 aliphatic heterocycles. The minimum atomic E-state index is -0.0901. The van der Waals surface area contributed by atoms with Crippen LogP contribution < -0.4 is 15.4 Å². The lowest BCUT2D eigenvalue weighted by Gasteiger charge is -2.16. The van der Waals surface area contributed by atoms with Crippen molar-refractivity contribution in [3.63, 3.8) is 0 Å². The van der Waals surface area contributed by atoms with Crippen molar-refractivity contribution >= 4 is 6.03 Å². The normalized spacial score (nSPS) is 16.2. The van der Waals surface area contributed by atoms with E-state index in [9.17, 15) is 4.79 Å². The summed E-state index contributed by atoms with van der Waals surface area (Å²) in [6, 6.07) is 3.93. The molecule has 0 aromatic carbocycles. The molecule has 5 heteroatoms. The molecule has 1 aliphatic carbocycles. The average molecular weight is 277 g/mol. The van der Waals surface area contributed by atoms with Crippen LogP contribution in [0.4, 0.5) is 4.79 Å². The lowest BCUT2D eigenvalue weighted by molar-refractivity contribution is 0.235. The van der Waals surface area contributed by atoms with Gasteiger partial charge in [0.05, 0.1) is 7.11 Å². The molecule has 0 radical (unpaired) electrons. The van der Waals surface area contributed by atoms with Gasteiger partial charge >= 0.3 is 6.03 Å². The van der Waals surface area contributed by atoms with Gasteiger partial charge < -0.3 is 15.4 Å². The van der Waals surface area contributed by atoms with E-state index in [0.717, 1.165) is 18.4 Å². The quantitative estimate of drug-likeness (QED) is 0.832. The summed E-state index contributed by atoms with van der Waals surface area (Å²) < 4.78 is 5.00. The van der Waals surface area contributed by atoms with Crippen LogP contribution in [0.3, 0.4) is 0 Å². The standard InChI is InChI=1S/C15H23N3O2/c1-20-14-9-8-12(10-16-14)11-17-15(19)18-13-6-4-2-3-5-7-13/h8-10,13H,2-7,11H2,1H3,(H2,17,18,19). The van der Waals surface area contributed by atoms with Crippen LogP contribution in [0.15, 0.2) is 18.3 Å². The van der Waals surface area contributed by atoms with Gasteiger partial charge in [-0.15, -0.1) is 0 Å². The molecule has 0 spiro atoms. The Bertz CT molecular complexity index is 412. The zero-order valence-electron chi connectivity index (χ0n) is 12.0. The first-order valence-corrected chi connectivity index (χ1v) is 7.31. The van der Waals surface area contributed by atoms with Gasteiger partial charge in [-0.3, -0.25) is 0 Å². The third kappa shape index (κ3) is 4.72. The summed E-state index contributed by atoms with van der Waals surface area (Å²) in [4.78, 5) is 16.0. The number of methoxy groups -OCH3 is 1. The van der Waals surface area contributed by atoms with Crippen LogP contribution in [0.1, 0.15) is 44.1 Å². The van der Waals surface area contributed by atoms with Crippen LogP contribution in [0, 0.1) is 0 Å². The van der Waals surface area contributed by atoms with Gasteiger partial charge in [0.15, 0.2) is 0 Å². The van der Waals surface area contributed by atoms with Gasteiger partial charge in [0.2, 0.25) is 5.88 Å². The Hall–Kier alpha value is -1.78. The van der Waals surface area contributed by atoms with Gasteiger partial charge in [-0.2, -0.15) is 0 Å². The number of carbonyl (C=O) groups excluding carboxylic acids is 1. The SMILES string of the molecule is COc1ccc(CNC(=O)NC2CCCCCC2)cn1. The molecule has 1 saturated carbocycles. The number of rotatable bonds is 4. The summed E-state index contributed by atoms with van der Waals surface area (Å²) in [5, 5.41) is 5.93. The van der Waals surface area contributed by atoms with Gasteiger partial charge in [0.25, 0.3) is 0 Å². The van der Waals surface area contributed by atoms with E-state index in [0.29, 0.717) is 18.5 Å². The second kappa shape index (κ2) is 7.72. The molecule has 2 rings (SSSR count). The maximum atomic E-state index is 11.9. The van der Waals surface area contributed by atoms with Gasteiger partial charge in [0, 0.05) is 24.8 Å². The molecule has 0 saturated heterocycles. The van der Waals surface area contributed by atoms with Crippen LogP contribution in [-0.4, -0.2) is 24.2 Å². The number of urea groups is 1. The molecule has 0 unspecified atom stereocenters. The first-order chi connectivity index (χ1) is 9.78. The monoisotopic (exact) mass is 277 g/mol. The van der Waals surface area contributed by atoms with Crippen LogP contribution in [0.5, 0.6) is 5.88 Å². The Balaban J connectivity index is 1.73. The van der Waals surface area contributed by atoms with Crippen molar-refractivity contribution in [2.75, 3.05) is 7.11 Å². The van der Waals surface area contributed by atoms with Crippen LogP contribution >= 0.6 is 0 Å². The highest BCUT2D eigenvalue weighted by Gasteiger charge is 2.14. The number of aromatic nitrogens is 1. The first-order valence-electron chi connectivity index (χ1n) is 7.31. The van der Waals surface area contributed by atoms with E-state index in [1.54, 1.807) is 19.4 Å². The number of hydrogen-bond acceptors (Lipinski definition) is 3. The fourth-order valence-electron chi connectivity index (χ4n) is 2.48. The maximum Gasteiger partial charge on any atom is 0.315 e. The van der Waals surface area contributed by atoms with Crippen LogP contribution in [0.25, 0.3) is 0 Å². The fraction of sp³-hybridized carbons (Fsp3) is 0.600. The van der Waals surface area contributed by atoms with Gasteiger partial charge in [-0.1, -0.05) is 31.7 Å². The van der Waals surface area contributed by atoms with E-state index in [1.807, 2.05) is 6.07 Å². The smallest absolute Gasteiger partial charge is 0.315 e. The van der Waals surface area contributed by atoms with Crippen LogP contribution in [0.2, 0.25) is 0 Å². The van der Waals surface area contributed by atoms with E-state index in [1.165, 1.54) is 25.7 Å². The molecule has 0 bridgehead atoms. The summed E-state index contributed by atoms with van der Waals surface area (Å²) >= 11 is 0. The summed E-state index contributed by atoms with van der Waals surface area (Å²) in [7, 11) is 1.58. The van der Waals surface area contributed by atoms with Gasteiger partial charge in [-0.05, 0) is 18.4 Å². The maximum absolute atomic E-state index is 11.9. The summed E-state index contributed by atoms with van der Waals surface area (Å²) in [6.07, 6.45) is 8.91. The molecule has 2 N–H and O–H groups in total. The molecule has 110 valence electrons. The van der Waals surface area contributed by atoms with E-state index < -0.39 is 0 Å². The Morgan fingerprint density at radius 1 is 1.30 bits per heavy atom. The molecule has 5 nitrogen and oxygen atoms in total. The fourth-order valence-corrected chi connectivity index (χ4v) is 2.48. The van der Waals surface area contributed by atoms with Gasteiger partial charge in [-0.25, -0.2) is 9.78 Å². The van der Waals surface area contributed by atoms with Crippen molar-refractivity contribution in [3.05, 3.63) is 23.9 Å². The predicted molar refractivity (Wildman–Crippen MR) is 77.7 cm³/mol. The van der Waals surface area contributed by atoms with E-state index >= 15 is 0 Å². The molecule has 1 aliphatic rings. The topological polar surface area (TPSA) is 63.2 Å². The molecule has 0 atom stereocenters. The lowest BCUT2D eigenvalue weighted by atomic mass is 10.1. The largest absolute Gasteiger partial charge is 0.481 e.